The minimum Gasteiger partial charge on any atom is -0.369 e. The van der Waals surface area contributed by atoms with Crippen LogP contribution in [0.15, 0.2) is 66.0 Å². The first-order valence-electron chi connectivity index (χ1n) is 9.90. The number of thiophene rings is 1. The van der Waals surface area contributed by atoms with Gasteiger partial charge in [0.15, 0.2) is 0 Å². The van der Waals surface area contributed by atoms with Gasteiger partial charge < -0.3 is 10.6 Å². The molecule has 0 saturated carbocycles. The Bertz CT molecular complexity index is 1070. The van der Waals surface area contributed by atoms with E-state index in [1.54, 1.807) is 28.4 Å². The molecular weight excluding hydrogens is 399 g/mol. The highest BCUT2D eigenvalue weighted by atomic mass is 32.1. The van der Waals surface area contributed by atoms with E-state index in [1.807, 2.05) is 23.6 Å². The van der Waals surface area contributed by atoms with Gasteiger partial charge in [-0.3, -0.25) is 9.59 Å². The number of halogens is 1. The smallest absolute Gasteiger partial charge is 0.227 e. The number of likely N-dealkylation sites (tertiary alicyclic amines) is 1. The first kappa shape index (κ1) is 20.3. The number of hydrogen-bond acceptors (Lipinski definition) is 3. The quantitative estimate of drug-likeness (QED) is 0.652. The molecule has 1 aromatic heterocycles. The molecule has 0 unspecified atom stereocenters. The summed E-state index contributed by atoms with van der Waals surface area (Å²) in [7, 11) is 0. The lowest BCUT2D eigenvalue weighted by Gasteiger charge is -2.26. The maximum Gasteiger partial charge on any atom is 0.227 e. The average Bonchev–Trinajstić information content (AvgIpc) is 3.39. The van der Waals surface area contributed by atoms with Gasteiger partial charge in [0.1, 0.15) is 5.82 Å². The summed E-state index contributed by atoms with van der Waals surface area (Å²) in [4.78, 5) is 28.0. The second-order valence-electron chi connectivity index (χ2n) is 7.87. The number of hydrogen-bond donors (Lipinski definition) is 1. The number of carbonyl (C=O) groups excluding carboxylic acids is 2. The van der Waals surface area contributed by atoms with Gasteiger partial charge in [0.2, 0.25) is 11.8 Å². The van der Waals surface area contributed by atoms with Gasteiger partial charge in [-0.05, 0) is 53.1 Å². The zero-order valence-electron chi connectivity index (χ0n) is 16.5. The van der Waals surface area contributed by atoms with Crippen LogP contribution in [0.3, 0.4) is 0 Å². The van der Waals surface area contributed by atoms with Crippen molar-refractivity contribution in [2.24, 2.45) is 11.1 Å². The minimum atomic E-state index is -0.786. The predicted octanol–water partition coefficient (Wildman–Crippen LogP) is 4.04. The van der Waals surface area contributed by atoms with Crippen LogP contribution in [0.5, 0.6) is 0 Å². The third kappa shape index (κ3) is 4.28. The third-order valence-corrected chi connectivity index (χ3v) is 6.67. The van der Waals surface area contributed by atoms with Gasteiger partial charge in [0.05, 0.1) is 11.8 Å². The van der Waals surface area contributed by atoms with Gasteiger partial charge in [0.25, 0.3) is 0 Å². The molecule has 1 atom stereocenters. The summed E-state index contributed by atoms with van der Waals surface area (Å²) < 4.78 is 13.4. The van der Waals surface area contributed by atoms with Crippen LogP contribution >= 0.6 is 11.3 Å². The van der Waals surface area contributed by atoms with Gasteiger partial charge in [-0.15, -0.1) is 11.3 Å². The lowest BCUT2D eigenvalue weighted by atomic mass is 9.80. The molecule has 0 spiro atoms. The van der Waals surface area contributed by atoms with Gasteiger partial charge in [-0.1, -0.05) is 42.5 Å². The molecule has 0 radical (unpaired) electrons. The molecule has 1 aliphatic rings. The monoisotopic (exact) mass is 422 g/mol. The van der Waals surface area contributed by atoms with E-state index in [4.69, 9.17) is 5.73 Å². The van der Waals surface area contributed by atoms with Crippen molar-refractivity contribution >= 4 is 23.2 Å². The number of amides is 2. The standard InChI is InChI=1S/C24H23FN2O2S/c25-20-7-2-4-17(13-20)14-22(28)27-10-9-24(16-27,23(26)29)15-18-5-1-6-19(12-18)21-8-3-11-30-21/h1-8,11-13H,9-10,14-16H2,(H2,26,29)/t24-/m1/s1. The summed E-state index contributed by atoms with van der Waals surface area (Å²) in [6.45, 7) is 0.765. The summed E-state index contributed by atoms with van der Waals surface area (Å²) in [6.07, 6.45) is 1.13. The fourth-order valence-corrected chi connectivity index (χ4v) is 4.84. The van der Waals surface area contributed by atoms with Crippen molar-refractivity contribution in [2.45, 2.75) is 19.3 Å². The Morgan fingerprint density at radius 2 is 1.87 bits per heavy atom. The van der Waals surface area contributed by atoms with Crippen LogP contribution in [0.4, 0.5) is 4.39 Å². The SMILES string of the molecule is NC(=O)[C@@]1(Cc2cccc(-c3cccs3)c2)CCN(C(=O)Cc2cccc(F)c2)C1. The molecule has 0 bridgehead atoms. The van der Waals surface area contributed by atoms with Crippen LogP contribution in [0, 0.1) is 11.2 Å². The van der Waals surface area contributed by atoms with Crippen LogP contribution < -0.4 is 5.73 Å². The molecule has 1 saturated heterocycles. The van der Waals surface area contributed by atoms with Gasteiger partial charge in [-0.25, -0.2) is 4.39 Å². The molecule has 0 aliphatic carbocycles. The number of carbonyl (C=O) groups is 2. The van der Waals surface area contributed by atoms with Crippen molar-refractivity contribution < 1.29 is 14.0 Å². The average molecular weight is 423 g/mol. The highest BCUT2D eigenvalue weighted by Gasteiger charge is 2.44. The fraction of sp³-hybridized carbons (Fsp3) is 0.250. The summed E-state index contributed by atoms with van der Waals surface area (Å²) in [5, 5.41) is 2.03. The topological polar surface area (TPSA) is 63.4 Å². The number of nitrogens with two attached hydrogens (primary N) is 1. The second-order valence-corrected chi connectivity index (χ2v) is 8.82. The van der Waals surface area contributed by atoms with E-state index >= 15 is 0 Å². The Hall–Kier alpha value is -2.99. The van der Waals surface area contributed by atoms with Crippen molar-refractivity contribution in [1.82, 2.24) is 4.90 Å². The van der Waals surface area contributed by atoms with Crippen molar-refractivity contribution in [1.29, 1.82) is 0 Å². The first-order chi connectivity index (χ1) is 14.4. The Morgan fingerprint density at radius 1 is 1.07 bits per heavy atom. The minimum absolute atomic E-state index is 0.112. The number of rotatable bonds is 6. The van der Waals surface area contributed by atoms with E-state index in [9.17, 15) is 14.0 Å². The number of primary amides is 1. The summed E-state index contributed by atoms with van der Waals surface area (Å²) in [5.74, 6) is -0.861. The molecule has 4 nitrogen and oxygen atoms in total. The zero-order valence-corrected chi connectivity index (χ0v) is 17.3. The molecule has 2 N–H and O–H groups in total. The van der Waals surface area contributed by atoms with E-state index < -0.39 is 5.41 Å². The maximum atomic E-state index is 13.4. The van der Waals surface area contributed by atoms with Crippen molar-refractivity contribution in [3.63, 3.8) is 0 Å². The van der Waals surface area contributed by atoms with E-state index in [2.05, 4.69) is 18.2 Å². The Kier molecular flexibility index (Phi) is 5.68. The molecule has 3 aromatic rings. The Morgan fingerprint density at radius 3 is 2.60 bits per heavy atom. The predicted molar refractivity (Wildman–Crippen MR) is 116 cm³/mol. The molecule has 2 amide bonds. The lowest BCUT2D eigenvalue weighted by Crippen LogP contribution is -2.42. The lowest BCUT2D eigenvalue weighted by molar-refractivity contribution is -0.131. The summed E-state index contributed by atoms with van der Waals surface area (Å²) >= 11 is 1.67. The van der Waals surface area contributed by atoms with Crippen LogP contribution in [0.25, 0.3) is 10.4 Å². The van der Waals surface area contributed by atoms with Crippen molar-refractivity contribution in [3.05, 3.63) is 83.0 Å². The molecule has 4 rings (SSSR count). The van der Waals surface area contributed by atoms with Crippen LogP contribution in [-0.2, 0) is 22.4 Å². The van der Waals surface area contributed by atoms with Gasteiger partial charge in [0, 0.05) is 18.0 Å². The van der Waals surface area contributed by atoms with E-state index in [1.165, 1.54) is 17.0 Å². The molecule has 30 heavy (non-hydrogen) atoms. The van der Waals surface area contributed by atoms with Crippen molar-refractivity contribution in [2.75, 3.05) is 13.1 Å². The summed E-state index contributed by atoms with van der Waals surface area (Å²) in [6, 6.07) is 18.2. The number of benzene rings is 2. The molecule has 2 aromatic carbocycles. The number of nitrogens with zero attached hydrogens (tertiary/aromatic N) is 1. The maximum absolute atomic E-state index is 13.4. The third-order valence-electron chi connectivity index (χ3n) is 5.75. The van der Waals surface area contributed by atoms with E-state index in [0.717, 1.165) is 11.1 Å². The van der Waals surface area contributed by atoms with Gasteiger partial charge >= 0.3 is 0 Å². The highest BCUT2D eigenvalue weighted by Crippen LogP contribution is 2.36. The largest absolute Gasteiger partial charge is 0.369 e. The molecule has 1 aliphatic heterocycles. The molecule has 1 fully saturated rings. The Balaban J connectivity index is 1.50. The highest BCUT2D eigenvalue weighted by molar-refractivity contribution is 7.13. The second kappa shape index (κ2) is 8.40. The summed E-state index contributed by atoms with van der Waals surface area (Å²) in [5.41, 5.74) is 7.80. The first-order valence-corrected chi connectivity index (χ1v) is 10.8. The van der Waals surface area contributed by atoms with Crippen LogP contribution in [-0.4, -0.2) is 29.8 Å². The molecule has 154 valence electrons. The van der Waals surface area contributed by atoms with Gasteiger partial charge in [-0.2, -0.15) is 0 Å². The van der Waals surface area contributed by atoms with E-state index in [-0.39, 0.29) is 24.1 Å². The molecule has 2 heterocycles. The zero-order chi connectivity index (χ0) is 21.1. The molecular formula is C24H23FN2O2S. The van der Waals surface area contributed by atoms with Crippen molar-refractivity contribution in [3.8, 4) is 10.4 Å². The Labute approximate surface area is 179 Å². The fourth-order valence-electron chi connectivity index (χ4n) is 4.12. The van der Waals surface area contributed by atoms with E-state index in [0.29, 0.717) is 31.5 Å². The normalized spacial score (nSPS) is 18.5. The molecule has 6 heteroatoms. The van der Waals surface area contributed by atoms with Crippen LogP contribution in [0.1, 0.15) is 17.5 Å². The van der Waals surface area contributed by atoms with Crippen LogP contribution in [0.2, 0.25) is 0 Å².